The number of hydrogen-bond acceptors (Lipinski definition) is 2. The first-order chi connectivity index (χ1) is 9.17. The van der Waals surface area contributed by atoms with Gasteiger partial charge in [0.1, 0.15) is 5.58 Å². The third-order valence-corrected chi connectivity index (χ3v) is 3.37. The second-order valence-electron chi connectivity index (χ2n) is 4.90. The molecule has 1 aromatic heterocycles. The molecule has 0 unspecified atom stereocenters. The van der Waals surface area contributed by atoms with E-state index >= 15 is 0 Å². The summed E-state index contributed by atoms with van der Waals surface area (Å²) >= 11 is 0. The van der Waals surface area contributed by atoms with Crippen molar-refractivity contribution < 1.29 is 14.3 Å². The maximum absolute atomic E-state index is 11.2. The zero-order chi connectivity index (χ0) is 13.8. The van der Waals surface area contributed by atoms with Crippen molar-refractivity contribution >= 4 is 16.9 Å². The third-order valence-electron chi connectivity index (χ3n) is 3.37. The minimum atomic E-state index is -0.977. The maximum Gasteiger partial charge on any atom is 0.372 e. The molecule has 0 aliphatic carbocycles. The van der Waals surface area contributed by atoms with E-state index in [0.717, 1.165) is 43.1 Å². The van der Waals surface area contributed by atoms with E-state index in [2.05, 4.69) is 13.0 Å². The van der Waals surface area contributed by atoms with Crippen molar-refractivity contribution in [2.24, 2.45) is 0 Å². The van der Waals surface area contributed by atoms with Crippen LogP contribution in [-0.4, -0.2) is 11.1 Å². The summed E-state index contributed by atoms with van der Waals surface area (Å²) in [7, 11) is 0. The summed E-state index contributed by atoms with van der Waals surface area (Å²) in [5, 5.41) is 10.2. The molecule has 1 aromatic carbocycles. The summed E-state index contributed by atoms with van der Waals surface area (Å²) in [4.78, 5) is 11.2. The minimum Gasteiger partial charge on any atom is -0.475 e. The highest BCUT2D eigenvalue weighted by Gasteiger charge is 2.19. The van der Waals surface area contributed by atoms with Gasteiger partial charge in [0, 0.05) is 10.9 Å². The average Bonchev–Trinajstić information content (AvgIpc) is 2.75. The molecular formula is C16H20O3. The van der Waals surface area contributed by atoms with E-state index < -0.39 is 5.97 Å². The zero-order valence-corrected chi connectivity index (χ0v) is 11.5. The van der Waals surface area contributed by atoms with Crippen LogP contribution in [0, 0.1) is 0 Å². The van der Waals surface area contributed by atoms with Gasteiger partial charge in [0.25, 0.3) is 0 Å². The molecule has 3 heteroatoms. The number of carboxylic acids is 1. The fourth-order valence-corrected chi connectivity index (χ4v) is 2.40. The smallest absolute Gasteiger partial charge is 0.372 e. The molecule has 1 heterocycles. The summed E-state index contributed by atoms with van der Waals surface area (Å²) in [6.45, 7) is 4.22. The highest BCUT2D eigenvalue weighted by atomic mass is 16.4. The van der Waals surface area contributed by atoms with Crippen molar-refractivity contribution in [3.63, 3.8) is 0 Å². The Morgan fingerprint density at radius 2 is 2.00 bits per heavy atom. The van der Waals surface area contributed by atoms with Crippen LogP contribution in [0.5, 0.6) is 0 Å². The number of aryl methyl sites for hydroxylation is 2. The summed E-state index contributed by atoms with van der Waals surface area (Å²) < 4.78 is 5.47. The van der Waals surface area contributed by atoms with Gasteiger partial charge in [-0.05, 0) is 37.0 Å². The Morgan fingerprint density at radius 3 is 2.63 bits per heavy atom. The van der Waals surface area contributed by atoms with Crippen molar-refractivity contribution in [3.05, 3.63) is 35.1 Å². The van der Waals surface area contributed by atoms with Gasteiger partial charge in [-0.1, -0.05) is 32.8 Å². The Bertz CT molecular complexity index is 581. The molecule has 0 saturated carbocycles. The number of carbonyl (C=O) groups is 1. The average molecular weight is 260 g/mol. The Kier molecular flexibility index (Phi) is 4.25. The fourth-order valence-electron chi connectivity index (χ4n) is 2.40. The summed E-state index contributed by atoms with van der Waals surface area (Å²) in [6, 6.07) is 6.01. The van der Waals surface area contributed by atoms with E-state index in [1.54, 1.807) is 0 Å². The van der Waals surface area contributed by atoms with Gasteiger partial charge < -0.3 is 9.52 Å². The van der Waals surface area contributed by atoms with Crippen LogP contribution in [0.3, 0.4) is 0 Å². The predicted molar refractivity (Wildman–Crippen MR) is 75.8 cm³/mol. The number of rotatable bonds is 6. The lowest BCUT2D eigenvalue weighted by Gasteiger charge is -2.01. The lowest BCUT2D eigenvalue weighted by molar-refractivity contribution is 0.0663. The van der Waals surface area contributed by atoms with Crippen molar-refractivity contribution in [1.29, 1.82) is 0 Å². The minimum absolute atomic E-state index is 0.101. The van der Waals surface area contributed by atoms with Gasteiger partial charge in [-0.15, -0.1) is 0 Å². The van der Waals surface area contributed by atoms with Crippen LogP contribution in [0.25, 0.3) is 11.0 Å². The van der Waals surface area contributed by atoms with Gasteiger partial charge in [-0.25, -0.2) is 4.79 Å². The third kappa shape index (κ3) is 2.80. The molecule has 0 atom stereocenters. The Hall–Kier alpha value is -1.77. The zero-order valence-electron chi connectivity index (χ0n) is 11.5. The van der Waals surface area contributed by atoms with Crippen molar-refractivity contribution in [1.82, 2.24) is 0 Å². The molecule has 0 spiro atoms. The molecule has 0 aliphatic rings. The van der Waals surface area contributed by atoms with Gasteiger partial charge in [-0.3, -0.25) is 0 Å². The molecule has 0 amide bonds. The molecule has 3 nitrogen and oxygen atoms in total. The first kappa shape index (κ1) is 13.7. The Labute approximate surface area is 113 Å². The fraction of sp³-hybridized carbons (Fsp3) is 0.438. The van der Waals surface area contributed by atoms with Crippen molar-refractivity contribution in [2.45, 2.75) is 46.0 Å². The second-order valence-corrected chi connectivity index (χ2v) is 4.90. The van der Waals surface area contributed by atoms with Gasteiger partial charge >= 0.3 is 5.97 Å². The van der Waals surface area contributed by atoms with E-state index in [9.17, 15) is 9.90 Å². The van der Waals surface area contributed by atoms with E-state index in [-0.39, 0.29) is 5.76 Å². The molecule has 1 N–H and O–H groups in total. The normalized spacial score (nSPS) is 11.1. The number of furan rings is 1. The molecule has 102 valence electrons. The predicted octanol–water partition coefficient (Wildman–Crippen LogP) is 4.43. The van der Waals surface area contributed by atoms with Crippen LogP contribution in [0.1, 0.15) is 54.8 Å². The number of fused-ring (bicyclic) bond motifs is 1. The molecule has 19 heavy (non-hydrogen) atoms. The number of aromatic carboxylic acids is 1. The largest absolute Gasteiger partial charge is 0.475 e. The molecule has 2 rings (SSSR count). The lowest BCUT2D eigenvalue weighted by atomic mass is 10.0. The summed E-state index contributed by atoms with van der Waals surface area (Å²) in [5.74, 6) is -0.876. The SMILES string of the molecule is CCCCc1ccc2oc(C(=O)O)c(CCC)c2c1. The van der Waals surface area contributed by atoms with Gasteiger partial charge in [0.05, 0.1) is 0 Å². The molecule has 2 aromatic rings. The molecular weight excluding hydrogens is 240 g/mol. The number of benzene rings is 1. The Balaban J connectivity index is 2.49. The lowest BCUT2D eigenvalue weighted by Crippen LogP contribution is -1.98. The quantitative estimate of drug-likeness (QED) is 0.836. The van der Waals surface area contributed by atoms with Crippen LogP contribution in [-0.2, 0) is 12.8 Å². The van der Waals surface area contributed by atoms with E-state index in [0.29, 0.717) is 5.58 Å². The second kappa shape index (κ2) is 5.91. The Morgan fingerprint density at radius 1 is 1.21 bits per heavy atom. The molecule has 0 saturated heterocycles. The molecule has 0 radical (unpaired) electrons. The van der Waals surface area contributed by atoms with E-state index in [1.165, 1.54) is 5.56 Å². The monoisotopic (exact) mass is 260 g/mol. The van der Waals surface area contributed by atoms with Gasteiger partial charge in [-0.2, -0.15) is 0 Å². The van der Waals surface area contributed by atoms with Crippen LogP contribution < -0.4 is 0 Å². The summed E-state index contributed by atoms with van der Waals surface area (Å²) in [6.07, 6.45) is 5.00. The van der Waals surface area contributed by atoms with Crippen LogP contribution in [0.4, 0.5) is 0 Å². The molecule has 0 aliphatic heterocycles. The first-order valence-electron chi connectivity index (χ1n) is 6.95. The standard InChI is InChI=1S/C16H20O3/c1-3-5-7-11-8-9-14-13(10-11)12(6-4-2)15(19-14)16(17)18/h8-10H,3-7H2,1-2H3,(H,17,18). The van der Waals surface area contributed by atoms with Gasteiger partial charge in [0.2, 0.25) is 5.76 Å². The molecule has 0 fully saturated rings. The van der Waals surface area contributed by atoms with Crippen molar-refractivity contribution in [3.8, 4) is 0 Å². The topological polar surface area (TPSA) is 50.4 Å². The highest BCUT2D eigenvalue weighted by molar-refractivity contribution is 5.95. The van der Waals surface area contributed by atoms with Crippen LogP contribution in [0.15, 0.2) is 22.6 Å². The van der Waals surface area contributed by atoms with Crippen molar-refractivity contribution in [2.75, 3.05) is 0 Å². The number of unbranched alkanes of at least 4 members (excludes halogenated alkanes) is 1. The van der Waals surface area contributed by atoms with E-state index in [1.807, 2.05) is 19.1 Å². The highest BCUT2D eigenvalue weighted by Crippen LogP contribution is 2.28. The number of carboxylic acid groups (broad SMARTS) is 1. The summed E-state index contributed by atoms with van der Waals surface area (Å²) in [5.41, 5.74) is 2.77. The van der Waals surface area contributed by atoms with Crippen LogP contribution in [0.2, 0.25) is 0 Å². The van der Waals surface area contributed by atoms with Crippen LogP contribution >= 0.6 is 0 Å². The van der Waals surface area contributed by atoms with E-state index in [4.69, 9.17) is 4.42 Å². The van der Waals surface area contributed by atoms with Gasteiger partial charge in [0.15, 0.2) is 0 Å². The maximum atomic E-state index is 11.2. The first-order valence-corrected chi connectivity index (χ1v) is 6.95. The number of hydrogen-bond donors (Lipinski definition) is 1. The molecule has 0 bridgehead atoms.